The number of carbonyl (C=O) groups excluding carboxylic acids is 1. The highest BCUT2D eigenvalue weighted by molar-refractivity contribution is 5.95. The molecule has 1 aliphatic rings. The Bertz CT molecular complexity index is 850. The summed E-state index contributed by atoms with van der Waals surface area (Å²) >= 11 is 0. The maximum absolute atomic E-state index is 13.2. The van der Waals surface area contributed by atoms with Crippen LogP contribution in [-0.4, -0.2) is 45.4 Å². The van der Waals surface area contributed by atoms with E-state index in [1.54, 1.807) is 24.3 Å². The molecule has 3 rings (SSSR count). The van der Waals surface area contributed by atoms with Crippen LogP contribution >= 0.6 is 0 Å². The Hall–Kier alpha value is -2.94. The van der Waals surface area contributed by atoms with Crippen molar-refractivity contribution in [3.8, 4) is 11.5 Å². The van der Waals surface area contributed by atoms with Crippen molar-refractivity contribution in [2.75, 3.05) is 49.7 Å². The second-order valence-electron chi connectivity index (χ2n) is 6.57. The molecule has 0 saturated carbocycles. The Balaban J connectivity index is 1.70. The molecule has 0 aliphatic carbocycles. The van der Waals surface area contributed by atoms with Gasteiger partial charge in [0.05, 0.1) is 36.8 Å². The van der Waals surface area contributed by atoms with Gasteiger partial charge in [0.2, 0.25) is 0 Å². The lowest BCUT2D eigenvalue weighted by molar-refractivity contribution is -0.137. The summed E-state index contributed by atoms with van der Waals surface area (Å²) in [6.07, 6.45) is -4.51. The largest absolute Gasteiger partial charge is 0.494 e. The van der Waals surface area contributed by atoms with Gasteiger partial charge in [-0.15, -0.1) is 0 Å². The van der Waals surface area contributed by atoms with Crippen molar-refractivity contribution in [2.24, 2.45) is 0 Å². The predicted octanol–water partition coefficient (Wildman–Crippen LogP) is 3.96. The third-order valence-electron chi connectivity index (χ3n) is 4.45. The number of anilines is 2. The molecule has 0 radical (unpaired) electrons. The normalized spacial score (nSPS) is 14.3. The zero-order valence-electron chi connectivity index (χ0n) is 16.5. The molecule has 1 saturated heterocycles. The van der Waals surface area contributed by atoms with Crippen molar-refractivity contribution < 1.29 is 32.2 Å². The van der Waals surface area contributed by atoms with Crippen LogP contribution in [0.3, 0.4) is 0 Å². The van der Waals surface area contributed by atoms with Gasteiger partial charge in [-0.25, -0.2) is 0 Å². The molecule has 30 heavy (non-hydrogen) atoms. The van der Waals surface area contributed by atoms with Crippen molar-refractivity contribution >= 4 is 17.3 Å². The van der Waals surface area contributed by atoms with Crippen LogP contribution in [-0.2, 0) is 15.7 Å². The van der Waals surface area contributed by atoms with Gasteiger partial charge in [0, 0.05) is 13.1 Å². The van der Waals surface area contributed by atoms with E-state index < -0.39 is 17.6 Å². The minimum Gasteiger partial charge on any atom is -0.494 e. The summed E-state index contributed by atoms with van der Waals surface area (Å²) in [4.78, 5) is 14.2. The van der Waals surface area contributed by atoms with Crippen molar-refractivity contribution in [1.29, 1.82) is 0 Å². The molecule has 0 unspecified atom stereocenters. The summed E-state index contributed by atoms with van der Waals surface area (Å²) in [6, 6.07) is 10.1. The van der Waals surface area contributed by atoms with Crippen LogP contribution in [0.25, 0.3) is 0 Å². The first-order valence-corrected chi connectivity index (χ1v) is 9.56. The van der Waals surface area contributed by atoms with Gasteiger partial charge < -0.3 is 24.4 Å². The number of nitrogens with zero attached hydrogens (tertiary/aromatic N) is 1. The molecule has 0 atom stereocenters. The number of halogens is 3. The van der Waals surface area contributed by atoms with Crippen LogP contribution in [0, 0.1) is 0 Å². The summed E-state index contributed by atoms with van der Waals surface area (Å²) in [5, 5.41) is 2.55. The fourth-order valence-electron chi connectivity index (χ4n) is 3.03. The summed E-state index contributed by atoms with van der Waals surface area (Å²) < 4.78 is 55.5. The highest BCUT2D eigenvalue weighted by atomic mass is 19.4. The Labute approximate surface area is 172 Å². The van der Waals surface area contributed by atoms with Crippen molar-refractivity contribution in [2.45, 2.75) is 13.1 Å². The monoisotopic (exact) mass is 424 g/mol. The van der Waals surface area contributed by atoms with Crippen molar-refractivity contribution in [3.05, 3.63) is 48.0 Å². The van der Waals surface area contributed by atoms with Gasteiger partial charge in [-0.1, -0.05) is 0 Å². The van der Waals surface area contributed by atoms with Gasteiger partial charge in [-0.3, -0.25) is 4.79 Å². The maximum atomic E-state index is 13.2. The molecule has 1 amide bonds. The number of morpholine rings is 1. The molecule has 2 aromatic carbocycles. The van der Waals surface area contributed by atoms with Crippen LogP contribution in [0.5, 0.6) is 11.5 Å². The van der Waals surface area contributed by atoms with Crippen LogP contribution in [0.1, 0.15) is 12.5 Å². The Morgan fingerprint density at radius 1 is 1.07 bits per heavy atom. The summed E-state index contributed by atoms with van der Waals surface area (Å²) in [7, 11) is 0. The van der Waals surface area contributed by atoms with Gasteiger partial charge in [-0.05, 0) is 49.4 Å². The summed E-state index contributed by atoms with van der Waals surface area (Å²) in [5.41, 5.74) is -0.227. The average molecular weight is 424 g/mol. The van der Waals surface area contributed by atoms with Crippen LogP contribution in [0.2, 0.25) is 0 Å². The second-order valence-corrected chi connectivity index (χ2v) is 6.57. The minimum absolute atomic E-state index is 0.0898. The smallest absolute Gasteiger partial charge is 0.416 e. The minimum atomic E-state index is -4.51. The van der Waals surface area contributed by atoms with E-state index in [1.165, 1.54) is 6.07 Å². The van der Waals surface area contributed by atoms with Gasteiger partial charge in [0.15, 0.2) is 6.61 Å². The molecule has 0 bridgehead atoms. The molecule has 1 N–H and O–H groups in total. The van der Waals surface area contributed by atoms with E-state index in [4.69, 9.17) is 14.2 Å². The highest BCUT2D eigenvalue weighted by Crippen LogP contribution is 2.35. The number of amides is 1. The number of nitrogens with one attached hydrogen (secondary N) is 1. The first-order valence-electron chi connectivity index (χ1n) is 9.56. The van der Waals surface area contributed by atoms with E-state index in [1.807, 2.05) is 11.8 Å². The Morgan fingerprint density at radius 3 is 2.30 bits per heavy atom. The van der Waals surface area contributed by atoms with E-state index in [9.17, 15) is 18.0 Å². The lowest BCUT2D eigenvalue weighted by Gasteiger charge is -2.31. The number of hydrogen-bond donors (Lipinski definition) is 1. The van der Waals surface area contributed by atoms with Gasteiger partial charge in [0.1, 0.15) is 11.5 Å². The third-order valence-corrected chi connectivity index (χ3v) is 4.45. The van der Waals surface area contributed by atoms with E-state index in [2.05, 4.69) is 5.32 Å². The van der Waals surface area contributed by atoms with Crippen LogP contribution in [0.4, 0.5) is 24.5 Å². The number of ether oxygens (including phenoxy) is 3. The predicted molar refractivity (Wildman–Crippen MR) is 106 cm³/mol. The molecule has 1 heterocycles. The third kappa shape index (κ3) is 5.79. The van der Waals surface area contributed by atoms with Crippen LogP contribution < -0.4 is 19.7 Å². The molecule has 1 fully saturated rings. The summed E-state index contributed by atoms with van der Waals surface area (Å²) in [6.45, 7) is 4.05. The van der Waals surface area contributed by atoms with E-state index >= 15 is 0 Å². The first-order chi connectivity index (χ1) is 14.4. The van der Waals surface area contributed by atoms with Gasteiger partial charge in [-0.2, -0.15) is 13.2 Å². The average Bonchev–Trinajstić information content (AvgIpc) is 2.73. The maximum Gasteiger partial charge on any atom is 0.416 e. The molecular weight excluding hydrogens is 401 g/mol. The quantitative estimate of drug-likeness (QED) is 0.729. The lowest BCUT2D eigenvalue weighted by Crippen LogP contribution is -2.37. The fraction of sp³-hybridized carbons (Fsp3) is 0.381. The number of benzene rings is 2. The number of rotatable bonds is 7. The zero-order valence-corrected chi connectivity index (χ0v) is 16.5. The summed E-state index contributed by atoms with van der Waals surface area (Å²) in [5.74, 6) is 0.567. The molecular formula is C21H23F3N2O4. The number of carbonyl (C=O) groups is 1. The fourth-order valence-corrected chi connectivity index (χ4v) is 3.03. The topological polar surface area (TPSA) is 60.0 Å². The Kier molecular flexibility index (Phi) is 7.04. The van der Waals surface area contributed by atoms with Crippen molar-refractivity contribution in [3.63, 3.8) is 0 Å². The van der Waals surface area contributed by atoms with E-state index in [0.29, 0.717) is 50.1 Å². The standard InChI is InChI=1S/C21H23F3N2O4/c1-2-29-16-4-6-17(7-5-16)30-14-20(27)25-18-13-15(21(22,23)24)3-8-19(18)26-9-11-28-12-10-26/h3-8,13H,2,9-12,14H2,1H3,(H,25,27). The van der Waals surface area contributed by atoms with Gasteiger partial charge >= 0.3 is 6.18 Å². The molecule has 1 aliphatic heterocycles. The SMILES string of the molecule is CCOc1ccc(OCC(=O)Nc2cc(C(F)(F)F)ccc2N2CCOCC2)cc1. The number of hydrogen-bond acceptors (Lipinski definition) is 5. The van der Waals surface area contributed by atoms with Crippen molar-refractivity contribution in [1.82, 2.24) is 0 Å². The van der Waals surface area contributed by atoms with Gasteiger partial charge in [0.25, 0.3) is 5.91 Å². The van der Waals surface area contributed by atoms with E-state index in [-0.39, 0.29) is 12.3 Å². The molecule has 162 valence electrons. The number of alkyl halides is 3. The molecule has 6 nitrogen and oxygen atoms in total. The molecule has 2 aromatic rings. The highest BCUT2D eigenvalue weighted by Gasteiger charge is 2.32. The van der Waals surface area contributed by atoms with Crippen LogP contribution in [0.15, 0.2) is 42.5 Å². The molecule has 0 spiro atoms. The molecule has 9 heteroatoms. The zero-order chi connectivity index (χ0) is 21.6. The van der Waals surface area contributed by atoms with E-state index in [0.717, 1.165) is 12.1 Å². The first kappa shape index (κ1) is 21.8. The second kappa shape index (κ2) is 9.71. The molecule has 0 aromatic heterocycles. The Morgan fingerprint density at radius 2 is 1.70 bits per heavy atom. The lowest BCUT2D eigenvalue weighted by atomic mass is 10.1.